The van der Waals surface area contributed by atoms with Crippen molar-refractivity contribution >= 4 is 5.91 Å². The molecule has 0 radical (unpaired) electrons. The van der Waals surface area contributed by atoms with Crippen LogP contribution >= 0.6 is 0 Å². The van der Waals surface area contributed by atoms with Crippen LogP contribution in [0.3, 0.4) is 0 Å². The first-order chi connectivity index (χ1) is 10.0. The molecular formula is C19H30N2O. The highest BCUT2D eigenvalue weighted by Crippen LogP contribution is 2.29. The second-order valence-electron chi connectivity index (χ2n) is 8.64. The molecule has 3 nitrogen and oxygen atoms in total. The minimum atomic E-state index is 0.0369. The van der Waals surface area contributed by atoms with Crippen LogP contribution in [0.25, 0.3) is 0 Å². The first-order valence-electron chi connectivity index (χ1n) is 8.17. The first-order valence-corrected chi connectivity index (χ1v) is 8.17. The van der Waals surface area contributed by atoms with Crippen LogP contribution in [-0.4, -0.2) is 16.3 Å². The van der Waals surface area contributed by atoms with Gasteiger partial charge in [0.1, 0.15) is 0 Å². The van der Waals surface area contributed by atoms with Crippen LogP contribution in [0.1, 0.15) is 64.7 Å². The summed E-state index contributed by atoms with van der Waals surface area (Å²) in [5, 5.41) is 3.04. The zero-order chi connectivity index (χ0) is 16.5. The smallest absolute Gasteiger partial charge is 0.220 e. The highest BCUT2D eigenvalue weighted by atomic mass is 16.1. The number of benzene rings is 1. The third kappa shape index (κ3) is 4.57. The molecular weight excluding hydrogens is 272 g/mol. The molecule has 1 aromatic carbocycles. The summed E-state index contributed by atoms with van der Waals surface area (Å²) in [5.41, 5.74) is 4.24. The first kappa shape index (κ1) is 17.0. The molecule has 0 bridgehead atoms. The summed E-state index contributed by atoms with van der Waals surface area (Å²) in [7, 11) is 0. The summed E-state index contributed by atoms with van der Waals surface area (Å²) in [6.45, 7) is 15.7. The number of hydrogen-bond acceptors (Lipinski definition) is 2. The predicted molar refractivity (Wildman–Crippen MR) is 91.4 cm³/mol. The fourth-order valence-electron chi connectivity index (χ4n) is 2.78. The lowest BCUT2D eigenvalue weighted by Gasteiger charge is -2.31. The number of carbonyl (C=O) groups is 1. The number of fused-ring (bicyclic) bond motifs is 1. The molecule has 0 unspecified atom stereocenters. The Bertz CT molecular complexity index is 550. The molecule has 3 heteroatoms. The molecule has 0 aliphatic carbocycles. The van der Waals surface area contributed by atoms with E-state index < -0.39 is 0 Å². The van der Waals surface area contributed by atoms with E-state index in [0.717, 1.165) is 13.1 Å². The lowest BCUT2D eigenvalue weighted by atomic mass is 9.92. The third-order valence-corrected chi connectivity index (χ3v) is 4.12. The van der Waals surface area contributed by atoms with E-state index in [1.165, 1.54) is 16.7 Å². The van der Waals surface area contributed by atoms with E-state index >= 15 is 0 Å². The Morgan fingerprint density at radius 2 is 1.73 bits per heavy atom. The molecule has 1 aliphatic rings. The molecule has 0 fully saturated rings. The van der Waals surface area contributed by atoms with Crippen molar-refractivity contribution in [3.05, 3.63) is 34.9 Å². The fraction of sp³-hybridized carbons (Fsp3) is 0.632. The molecule has 0 saturated carbocycles. The van der Waals surface area contributed by atoms with Gasteiger partial charge in [-0.25, -0.2) is 0 Å². The molecule has 122 valence electrons. The zero-order valence-corrected chi connectivity index (χ0v) is 14.9. The molecule has 1 heterocycles. The molecule has 0 aromatic heterocycles. The Kier molecular flexibility index (Phi) is 4.67. The summed E-state index contributed by atoms with van der Waals surface area (Å²) in [4.78, 5) is 14.4. The van der Waals surface area contributed by atoms with Crippen molar-refractivity contribution in [2.45, 2.75) is 73.1 Å². The predicted octanol–water partition coefficient (Wildman–Crippen LogP) is 3.85. The average Bonchev–Trinajstić information content (AvgIpc) is 2.77. The maximum Gasteiger partial charge on any atom is 0.220 e. The molecule has 1 amide bonds. The van der Waals surface area contributed by atoms with Gasteiger partial charge < -0.3 is 5.32 Å². The summed E-state index contributed by atoms with van der Waals surface area (Å²) < 4.78 is 0. The number of hydrogen-bond donors (Lipinski definition) is 1. The standard InChI is InChI=1S/C19H30N2O/c1-18(2,3)10-17(22)20-11-14-7-8-15-12-21(19(4,5)6)13-16(15)9-14/h7-9H,10-13H2,1-6H3,(H,20,22). The monoisotopic (exact) mass is 302 g/mol. The minimum Gasteiger partial charge on any atom is -0.352 e. The van der Waals surface area contributed by atoms with Crippen LogP contribution in [0, 0.1) is 5.41 Å². The van der Waals surface area contributed by atoms with Crippen LogP contribution in [0.4, 0.5) is 0 Å². The van der Waals surface area contributed by atoms with Gasteiger partial charge in [0, 0.05) is 31.6 Å². The van der Waals surface area contributed by atoms with Gasteiger partial charge >= 0.3 is 0 Å². The molecule has 2 rings (SSSR count). The molecule has 1 N–H and O–H groups in total. The number of amides is 1. The summed E-state index contributed by atoms with van der Waals surface area (Å²) >= 11 is 0. The van der Waals surface area contributed by atoms with Crippen molar-refractivity contribution in [2.24, 2.45) is 5.41 Å². The Morgan fingerprint density at radius 3 is 2.32 bits per heavy atom. The lowest BCUT2D eigenvalue weighted by Crippen LogP contribution is -2.36. The van der Waals surface area contributed by atoms with E-state index in [1.54, 1.807) is 0 Å². The molecule has 0 spiro atoms. The van der Waals surface area contributed by atoms with Crippen molar-refractivity contribution in [3.63, 3.8) is 0 Å². The number of nitrogens with one attached hydrogen (secondary N) is 1. The van der Waals surface area contributed by atoms with Gasteiger partial charge in [0.2, 0.25) is 5.91 Å². The zero-order valence-electron chi connectivity index (χ0n) is 14.9. The Hall–Kier alpha value is -1.35. The summed E-state index contributed by atoms with van der Waals surface area (Å²) in [5.74, 6) is 0.129. The van der Waals surface area contributed by atoms with Gasteiger partial charge in [-0.15, -0.1) is 0 Å². The maximum atomic E-state index is 11.9. The van der Waals surface area contributed by atoms with Gasteiger partial charge in [-0.2, -0.15) is 0 Å². The molecule has 0 saturated heterocycles. The highest BCUT2D eigenvalue weighted by molar-refractivity contribution is 5.76. The second kappa shape index (κ2) is 6.04. The van der Waals surface area contributed by atoms with Crippen LogP contribution < -0.4 is 5.32 Å². The highest BCUT2D eigenvalue weighted by Gasteiger charge is 2.27. The van der Waals surface area contributed by atoms with Gasteiger partial charge in [-0.05, 0) is 42.9 Å². The average molecular weight is 302 g/mol. The molecule has 22 heavy (non-hydrogen) atoms. The summed E-state index contributed by atoms with van der Waals surface area (Å²) in [6.07, 6.45) is 0.565. The van der Waals surface area contributed by atoms with Gasteiger partial charge in [0.05, 0.1) is 0 Å². The van der Waals surface area contributed by atoms with Gasteiger partial charge in [0.15, 0.2) is 0 Å². The number of nitrogens with zero attached hydrogens (tertiary/aromatic N) is 1. The van der Waals surface area contributed by atoms with Crippen molar-refractivity contribution in [1.29, 1.82) is 0 Å². The second-order valence-corrected chi connectivity index (χ2v) is 8.64. The van der Waals surface area contributed by atoms with Gasteiger partial charge in [-0.1, -0.05) is 39.0 Å². The van der Waals surface area contributed by atoms with E-state index in [1.807, 2.05) is 0 Å². The van der Waals surface area contributed by atoms with E-state index in [9.17, 15) is 4.79 Å². The van der Waals surface area contributed by atoms with Gasteiger partial charge in [0.25, 0.3) is 0 Å². The number of carbonyl (C=O) groups excluding carboxylic acids is 1. The van der Waals surface area contributed by atoms with Crippen LogP contribution in [-0.2, 0) is 24.4 Å². The Morgan fingerprint density at radius 1 is 1.09 bits per heavy atom. The van der Waals surface area contributed by atoms with Crippen LogP contribution in [0.2, 0.25) is 0 Å². The van der Waals surface area contributed by atoms with Crippen LogP contribution in [0.15, 0.2) is 18.2 Å². The molecule has 1 aliphatic heterocycles. The normalized spacial score (nSPS) is 15.7. The quantitative estimate of drug-likeness (QED) is 0.919. The van der Waals surface area contributed by atoms with Crippen LogP contribution in [0.5, 0.6) is 0 Å². The Labute approximate surface area is 135 Å². The minimum absolute atomic E-state index is 0.0369. The lowest BCUT2D eigenvalue weighted by molar-refractivity contribution is -0.122. The third-order valence-electron chi connectivity index (χ3n) is 4.12. The number of rotatable bonds is 3. The van der Waals surface area contributed by atoms with Crippen molar-refractivity contribution in [2.75, 3.05) is 0 Å². The summed E-state index contributed by atoms with van der Waals surface area (Å²) in [6, 6.07) is 6.60. The van der Waals surface area contributed by atoms with E-state index in [0.29, 0.717) is 13.0 Å². The van der Waals surface area contributed by atoms with E-state index in [-0.39, 0.29) is 16.9 Å². The van der Waals surface area contributed by atoms with Crippen molar-refractivity contribution in [1.82, 2.24) is 10.2 Å². The maximum absolute atomic E-state index is 11.9. The van der Waals surface area contributed by atoms with E-state index in [2.05, 4.69) is 70.0 Å². The molecule has 1 aromatic rings. The Balaban J connectivity index is 1.95. The SMILES string of the molecule is CC(C)(C)CC(=O)NCc1ccc2c(c1)CN(C(C)(C)C)C2. The largest absolute Gasteiger partial charge is 0.352 e. The molecule has 0 atom stereocenters. The topological polar surface area (TPSA) is 32.3 Å². The van der Waals surface area contributed by atoms with Crippen molar-refractivity contribution < 1.29 is 4.79 Å². The van der Waals surface area contributed by atoms with Crippen molar-refractivity contribution in [3.8, 4) is 0 Å². The van der Waals surface area contributed by atoms with E-state index in [4.69, 9.17) is 0 Å². The fourth-order valence-corrected chi connectivity index (χ4v) is 2.78. The van der Waals surface area contributed by atoms with Gasteiger partial charge in [-0.3, -0.25) is 9.69 Å².